The Balaban J connectivity index is 2.63. The second-order valence-corrected chi connectivity index (χ2v) is 7.94. The number of rotatable bonds is 5. The molecule has 3 atom stereocenters. The molecule has 0 amide bonds. The van der Waals surface area contributed by atoms with E-state index in [1.165, 1.54) is 25.7 Å². The van der Waals surface area contributed by atoms with Crippen molar-refractivity contribution in [3.8, 4) is 0 Å². The number of nitrogens with one attached hydrogen (secondary N) is 1. The Labute approximate surface area is 121 Å². The molecule has 2 nitrogen and oxygen atoms in total. The highest BCUT2D eigenvalue weighted by Crippen LogP contribution is 2.29. The Bertz CT molecular complexity index is 254. The van der Waals surface area contributed by atoms with Crippen LogP contribution in [0.4, 0.5) is 0 Å². The summed E-state index contributed by atoms with van der Waals surface area (Å²) in [5.74, 6) is 1.56. The first-order valence-electron chi connectivity index (χ1n) is 8.19. The summed E-state index contributed by atoms with van der Waals surface area (Å²) >= 11 is 0. The van der Waals surface area contributed by atoms with Gasteiger partial charge in [-0.05, 0) is 52.5 Å². The molecule has 1 fully saturated rings. The number of nitrogens with zero attached hydrogens (tertiary/aromatic N) is 1. The number of hydrogen-bond acceptors (Lipinski definition) is 2. The summed E-state index contributed by atoms with van der Waals surface area (Å²) in [5, 5.41) is 3.70. The minimum atomic E-state index is 0.214. The van der Waals surface area contributed by atoms with Crippen molar-refractivity contribution in [3.05, 3.63) is 0 Å². The van der Waals surface area contributed by atoms with Crippen molar-refractivity contribution in [1.82, 2.24) is 10.2 Å². The molecule has 114 valence electrons. The van der Waals surface area contributed by atoms with Crippen LogP contribution in [-0.4, -0.2) is 36.1 Å². The van der Waals surface area contributed by atoms with Crippen LogP contribution in [0.25, 0.3) is 0 Å². The maximum atomic E-state index is 3.70. The standard InChI is InChI=1S/C17H36N2/c1-13(2)16(12-18-17(4,5)6)19(7)15-11-9-8-10-14(15)3/h13-16,18H,8-12H2,1-7H3. The third-order valence-electron chi connectivity index (χ3n) is 4.72. The minimum absolute atomic E-state index is 0.214. The Morgan fingerprint density at radius 3 is 2.21 bits per heavy atom. The van der Waals surface area contributed by atoms with Crippen LogP contribution in [0.5, 0.6) is 0 Å². The highest BCUT2D eigenvalue weighted by atomic mass is 15.2. The van der Waals surface area contributed by atoms with E-state index in [9.17, 15) is 0 Å². The van der Waals surface area contributed by atoms with Crippen molar-refractivity contribution in [2.75, 3.05) is 13.6 Å². The summed E-state index contributed by atoms with van der Waals surface area (Å²) in [7, 11) is 2.35. The highest BCUT2D eigenvalue weighted by Gasteiger charge is 2.31. The third kappa shape index (κ3) is 5.43. The first-order chi connectivity index (χ1) is 8.72. The van der Waals surface area contributed by atoms with Crippen molar-refractivity contribution in [3.63, 3.8) is 0 Å². The van der Waals surface area contributed by atoms with Crippen LogP contribution in [0.15, 0.2) is 0 Å². The predicted octanol–water partition coefficient (Wildman–Crippen LogP) is 3.91. The molecule has 2 heteroatoms. The monoisotopic (exact) mass is 268 g/mol. The lowest BCUT2D eigenvalue weighted by molar-refractivity contribution is 0.0705. The van der Waals surface area contributed by atoms with Crippen molar-refractivity contribution in [2.24, 2.45) is 11.8 Å². The molecule has 0 aliphatic heterocycles. The first kappa shape index (κ1) is 17.0. The van der Waals surface area contributed by atoms with Gasteiger partial charge in [-0.3, -0.25) is 4.90 Å². The van der Waals surface area contributed by atoms with Gasteiger partial charge in [0.25, 0.3) is 0 Å². The number of likely N-dealkylation sites (N-methyl/N-ethyl adjacent to an activating group) is 1. The van der Waals surface area contributed by atoms with Crippen LogP contribution in [0.3, 0.4) is 0 Å². The van der Waals surface area contributed by atoms with Crippen molar-refractivity contribution >= 4 is 0 Å². The van der Waals surface area contributed by atoms with Gasteiger partial charge in [0.2, 0.25) is 0 Å². The predicted molar refractivity (Wildman–Crippen MR) is 85.6 cm³/mol. The molecule has 1 aliphatic carbocycles. The Hall–Kier alpha value is -0.0800. The maximum absolute atomic E-state index is 3.70. The van der Waals surface area contributed by atoms with E-state index in [0.29, 0.717) is 12.0 Å². The van der Waals surface area contributed by atoms with Crippen LogP contribution in [0.2, 0.25) is 0 Å². The van der Waals surface area contributed by atoms with Gasteiger partial charge < -0.3 is 5.32 Å². The van der Waals surface area contributed by atoms with Gasteiger partial charge in [0, 0.05) is 24.2 Å². The molecule has 0 radical (unpaired) electrons. The van der Waals surface area contributed by atoms with E-state index in [4.69, 9.17) is 0 Å². The summed E-state index contributed by atoms with van der Waals surface area (Å²) in [4.78, 5) is 2.67. The van der Waals surface area contributed by atoms with Gasteiger partial charge in [-0.1, -0.05) is 33.6 Å². The fourth-order valence-electron chi connectivity index (χ4n) is 3.41. The SMILES string of the molecule is CC(C)C(CNC(C)(C)C)N(C)C1CCCCC1C. The van der Waals surface area contributed by atoms with Crippen LogP contribution in [0.1, 0.15) is 67.2 Å². The Morgan fingerprint density at radius 1 is 1.16 bits per heavy atom. The summed E-state index contributed by atoms with van der Waals surface area (Å²) in [5.41, 5.74) is 0.214. The molecular weight excluding hydrogens is 232 g/mol. The van der Waals surface area contributed by atoms with E-state index in [0.717, 1.165) is 18.5 Å². The molecule has 0 aromatic heterocycles. The van der Waals surface area contributed by atoms with Gasteiger partial charge in [-0.15, -0.1) is 0 Å². The first-order valence-corrected chi connectivity index (χ1v) is 8.19. The van der Waals surface area contributed by atoms with Crippen LogP contribution in [-0.2, 0) is 0 Å². The lowest BCUT2D eigenvalue weighted by atomic mass is 9.83. The maximum Gasteiger partial charge on any atom is 0.0243 e. The molecule has 0 aromatic rings. The molecule has 0 bridgehead atoms. The van der Waals surface area contributed by atoms with Gasteiger partial charge in [0.15, 0.2) is 0 Å². The molecule has 0 aromatic carbocycles. The topological polar surface area (TPSA) is 15.3 Å². The molecule has 1 rings (SSSR count). The zero-order chi connectivity index (χ0) is 14.6. The summed E-state index contributed by atoms with van der Waals surface area (Å²) < 4.78 is 0. The fraction of sp³-hybridized carbons (Fsp3) is 1.00. The molecule has 1 N–H and O–H groups in total. The zero-order valence-corrected chi connectivity index (χ0v) is 14.3. The molecule has 19 heavy (non-hydrogen) atoms. The summed E-state index contributed by atoms with van der Waals surface area (Å²) in [6, 6.07) is 1.42. The van der Waals surface area contributed by atoms with E-state index in [2.05, 4.69) is 58.8 Å². The van der Waals surface area contributed by atoms with Gasteiger partial charge in [0.05, 0.1) is 0 Å². The average molecular weight is 268 g/mol. The highest BCUT2D eigenvalue weighted by molar-refractivity contribution is 4.87. The quantitative estimate of drug-likeness (QED) is 0.813. The normalized spacial score (nSPS) is 27.0. The van der Waals surface area contributed by atoms with E-state index < -0.39 is 0 Å². The third-order valence-corrected chi connectivity index (χ3v) is 4.72. The minimum Gasteiger partial charge on any atom is -0.311 e. The van der Waals surface area contributed by atoms with E-state index >= 15 is 0 Å². The van der Waals surface area contributed by atoms with Crippen molar-refractivity contribution in [2.45, 2.75) is 84.8 Å². The van der Waals surface area contributed by atoms with Crippen LogP contribution in [0, 0.1) is 11.8 Å². The molecular formula is C17H36N2. The average Bonchev–Trinajstić information content (AvgIpc) is 2.27. The zero-order valence-electron chi connectivity index (χ0n) is 14.3. The number of hydrogen-bond donors (Lipinski definition) is 1. The molecule has 0 saturated heterocycles. The summed E-state index contributed by atoms with van der Waals surface area (Å²) in [6.07, 6.45) is 5.64. The van der Waals surface area contributed by atoms with Gasteiger partial charge in [-0.2, -0.15) is 0 Å². The van der Waals surface area contributed by atoms with E-state index in [1.807, 2.05) is 0 Å². The second kappa shape index (κ2) is 7.08. The Morgan fingerprint density at radius 2 is 1.74 bits per heavy atom. The summed E-state index contributed by atoms with van der Waals surface area (Å²) in [6.45, 7) is 15.0. The molecule has 0 spiro atoms. The lowest BCUT2D eigenvalue weighted by Crippen LogP contribution is -2.53. The van der Waals surface area contributed by atoms with Crippen LogP contribution < -0.4 is 5.32 Å². The second-order valence-electron chi connectivity index (χ2n) is 7.94. The van der Waals surface area contributed by atoms with Crippen LogP contribution >= 0.6 is 0 Å². The fourth-order valence-corrected chi connectivity index (χ4v) is 3.41. The lowest BCUT2D eigenvalue weighted by Gasteiger charge is -2.43. The van der Waals surface area contributed by atoms with Crippen molar-refractivity contribution in [1.29, 1.82) is 0 Å². The largest absolute Gasteiger partial charge is 0.311 e. The van der Waals surface area contributed by atoms with Gasteiger partial charge >= 0.3 is 0 Å². The van der Waals surface area contributed by atoms with Gasteiger partial charge in [0.1, 0.15) is 0 Å². The Kier molecular flexibility index (Phi) is 6.32. The molecule has 0 heterocycles. The molecule has 1 saturated carbocycles. The smallest absolute Gasteiger partial charge is 0.0243 e. The van der Waals surface area contributed by atoms with E-state index in [-0.39, 0.29) is 5.54 Å². The van der Waals surface area contributed by atoms with E-state index in [1.54, 1.807) is 0 Å². The van der Waals surface area contributed by atoms with Gasteiger partial charge in [-0.25, -0.2) is 0 Å². The molecule has 1 aliphatic rings. The molecule has 3 unspecified atom stereocenters. The van der Waals surface area contributed by atoms with Crippen molar-refractivity contribution < 1.29 is 0 Å².